The van der Waals surface area contributed by atoms with E-state index >= 15 is 0 Å². The molecule has 1 aromatic carbocycles. The summed E-state index contributed by atoms with van der Waals surface area (Å²) in [5.74, 6) is 3.59. The van der Waals surface area contributed by atoms with Crippen molar-refractivity contribution in [3.8, 4) is 11.5 Å². The van der Waals surface area contributed by atoms with Crippen LogP contribution in [0.2, 0.25) is 0 Å². The summed E-state index contributed by atoms with van der Waals surface area (Å²) in [4.78, 5) is 0. The Hall–Kier alpha value is -0.740. The number of benzene rings is 1. The molecule has 3 rings (SSSR count). The maximum Gasteiger partial charge on any atom is 0.133 e. The Morgan fingerprint density at radius 1 is 1.25 bits per heavy atom. The predicted octanol–water partition coefficient (Wildman–Crippen LogP) is 3.61. The SMILES string of the molecule is COc1ccc(OCCNC(C2CC2)C2CC2)c(Br)c1. The van der Waals surface area contributed by atoms with E-state index in [2.05, 4.69) is 21.2 Å². The summed E-state index contributed by atoms with van der Waals surface area (Å²) < 4.78 is 11.9. The van der Waals surface area contributed by atoms with Crippen LogP contribution in [0.3, 0.4) is 0 Å². The molecule has 0 bridgehead atoms. The van der Waals surface area contributed by atoms with Crippen LogP contribution in [0.15, 0.2) is 22.7 Å². The zero-order valence-electron chi connectivity index (χ0n) is 11.9. The maximum atomic E-state index is 5.82. The van der Waals surface area contributed by atoms with Gasteiger partial charge in [0.25, 0.3) is 0 Å². The molecule has 0 saturated heterocycles. The molecule has 2 fully saturated rings. The average Bonchev–Trinajstić information content (AvgIpc) is 3.33. The van der Waals surface area contributed by atoms with Crippen molar-refractivity contribution in [3.63, 3.8) is 0 Å². The molecule has 0 aromatic heterocycles. The van der Waals surface area contributed by atoms with Gasteiger partial charge < -0.3 is 14.8 Å². The first-order valence-corrected chi connectivity index (χ1v) is 8.27. The van der Waals surface area contributed by atoms with E-state index in [1.165, 1.54) is 25.7 Å². The molecule has 0 radical (unpaired) electrons. The third-order valence-corrected chi connectivity index (χ3v) is 4.76. The highest BCUT2D eigenvalue weighted by molar-refractivity contribution is 9.10. The van der Waals surface area contributed by atoms with Crippen molar-refractivity contribution in [1.82, 2.24) is 5.32 Å². The van der Waals surface area contributed by atoms with Gasteiger partial charge in [-0.15, -0.1) is 0 Å². The van der Waals surface area contributed by atoms with Crippen LogP contribution >= 0.6 is 15.9 Å². The molecule has 2 aliphatic carbocycles. The maximum absolute atomic E-state index is 5.82. The number of nitrogens with one attached hydrogen (secondary N) is 1. The van der Waals surface area contributed by atoms with E-state index < -0.39 is 0 Å². The minimum Gasteiger partial charge on any atom is -0.497 e. The molecular weight excluding hydrogens is 318 g/mol. The fraction of sp³-hybridized carbons (Fsp3) is 0.625. The summed E-state index contributed by atoms with van der Waals surface area (Å²) in [7, 11) is 1.67. The quantitative estimate of drug-likeness (QED) is 0.734. The van der Waals surface area contributed by atoms with Crippen LogP contribution in [0.1, 0.15) is 25.7 Å². The van der Waals surface area contributed by atoms with Gasteiger partial charge in [-0.2, -0.15) is 0 Å². The summed E-state index contributed by atoms with van der Waals surface area (Å²) in [6.45, 7) is 1.64. The third-order valence-electron chi connectivity index (χ3n) is 4.14. The van der Waals surface area contributed by atoms with E-state index in [4.69, 9.17) is 9.47 Å². The van der Waals surface area contributed by atoms with Gasteiger partial charge in [-0.05, 0) is 71.6 Å². The van der Waals surface area contributed by atoms with E-state index in [0.717, 1.165) is 40.4 Å². The Labute approximate surface area is 129 Å². The second-order valence-corrected chi connectivity index (χ2v) is 6.65. The van der Waals surface area contributed by atoms with Gasteiger partial charge in [-0.3, -0.25) is 0 Å². The number of methoxy groups -OCH3 is 1. The van der Waals surface area contributed by atoms with Crippen molar-refractivity contribution >= 4 is 15.9 Å². The number of halogens is 1. The van der Waals surface area contributed by atoms with Crippen molar-refractivity contribution in [2.75, 3.05) is 20.3 Å². The highest BCUT2D eigenvalue weighted by Gasteiger charge is 2.40. The summed E-state index contributed by atoms with van der Waals surface area (Å²) in [6.07, 6.45) is 5.66. The van der Waals surface area contributed by atoms with E-state index in [1.807, 2.05) is 18.2 Å². The molecule has 0 amide bonds. The van der Waals surface area contributed by atoms with Crippen molar-refractivity contribution in [3.05, 3.63) is 22.7 Å². The van der Waals surface area contributed by atoms with Gasteiger partial charge in [0, 0.05) is 12.6 Å². The van der Waals surface area contributed by atoms with E-state index in [1.54, 1.807) is 7.11 Å². The molecule has 0 aliphatic heterocycles. The highest BCUT2D eigenvalue weighted by atomic mass is 79.9. The Balaban J connectivity index is 1.42. The lowest BCUT2D eigenvalue weighted by atomic mass is 10.1. The predicted molar refractivity (Wildman–Crippen MR) is 83.4 cm³/mol. The van der Waals surface area contributed by atoms with Crippen molar-refractivity contribution in [1.29, 1.82) is 0 Å². The van der Waals surface area contributed by atoms with Gasteiger partial charge >= 0.3 is 0 Å². The molecule has 1 aromatic rings. The summed E-state index contributed by atoms with van der Waals surface area (Å²) in [5, 5.41) is 3.69. The molecule has 3 nitrogen and oxygen atoms in total. The van der Waals surface area contributed by atoms with Crippen LogP contribution in [0.4, 0.5) is 0 Å². The minimum absolute atomic E-state index is 0.709. The van der Waals surface area contributed by atoms with Gasteiger partial charge in [0.2, 0.25) is 0 Å². The van der Waals surface area contributed by atoms with Crippen LogP contribution in [0.5, 0.6) is 11.5 Å². The lowest BCUT2D eigenvalue weighted by molar-refractivity contribution is 0.291. The first-order valence-electron chi connectivity index (χ1n) is 7.47. The fourth-order valence-corrected chi connectivity index (χ4v) is 3.21. The molecule has 110 valence electrons. The topological polar surface area (TPSA) is 30.5 Å². The van der Waals surface area contributed by atoms with E-state index in [9.17, 15) is 0 Å². The molecule has 0 spiro atoms. The molecule has 0 heterocycles. The van der Waals surface area contributed by atoms with Gasteiger partial charge in [-0.25, -0.2) is 0 Å². The van der Waals surface area contributed by atoms with Gasteiger partial charge in [-0.1, -0.05) is 0 Å². The largest absolute Gasteiger partial charge is 0.497 e. The zero-order chi connectivity index (χ0) is 13.9. The molecule has 0 unspecified atom stereocenters. The zero-order valence-corrected chi connectivity index (χ0v) is 13.5. The van der Waals surface area contributed by atoms with Crippen molar-refractivity contribution in [2.45, 2.75) is 31.7 Å². The smallest absolute Gasteiger partial charge is 0.133 e. The molecule has 20 heavy (non-hydrogen) atoms. The van der Waals surface area contributed by atoms with Crippen molar-refractivity contribution in [2.24, 2.45) is 11.8 Å². The standard InChI is InChI=1S/C16H22BrNO2/c1-19-13-6-7-15(14(17)10-13)20-9-8-18-16(11-2-3-11)12-4-5-12/h6-7,10-12,16,18H,2-5,8-9H2,1H3. The molecule has 4 heteroatoms. The van der Waals surface area contributed by atoms with Crippen molar-refractivity contribution < 1.29 is 9.47 Å². The average molecular weight is 340 g/mol. The van der Waals surface area contributed by atoms with Crippen LogP contribution in [0.25, 0.3) is 0 Å². The first-order chi connectivity index (χ1) is 9.78. The van der Waals surface area contributed by atoms with E-state index in [0.29, 0.717) is 6.61 Å². The van der Waals surface area contributed by atoms with E-state index in [-0.39, 0.29) is 0 Å². The number of hydrogen-bond acceptors (Lipinski definition) is 3. The Bertz CT molecular complexity index is 446. The monoisotopic (exact) mass is 339 g/mol. The fourth-order valence-electron chi connectivity index (χ4n) is 2.74. The highest BCUT2D eigenvalue weighted by Crippen LogP contribution is 2.44. The normalized spacial score (nSPS) is 18.4. The first kappa shape index (κ1) is 14.2. The Morgan fingerprint density at radius 3 is 2.50 bits per heavy atom. The molecule has 0 atom stereocenters. The Kier molecular flexibility index (Phi) is 4.51. The summed E-state index contributed by atoms with van der Waals surface area (Å²) in [5.41, 5.74) is 0. The number of rotatable bonds is 8. The molecule has 2 saturated carbocycles. The van der Waals surface area contributed by atoms with Gasteiger partial charge in [0.05, 0.1) is 11.6 Å². The lowest BCUT2D eigenvalue weighted by Crippen LogP contribution is -2.36. The van der Waals surface area contributed by atoms with Crippen LogP contribution in [0, 0.1) is 11.8 Å². The molecular formula is C16H22BrNO2. The molecule has 1 N–H and O–H groups in total. The summed E-state index contributed by atoms with van der Waals surface area (Å²) in [6, 6.07) is 6.55. The second-order valence-electron chi connectivity index (χ2n) is 5.80. The second kappa shape index (κ2) is 6.35. The molecule has 2 aliphatic rings. The number of ether oxygens (including phenoxy) is 2. The summed E-state index contributed by atoms with van der Waals surface area (Å²) >= 11 is 3.51. The van der Waals surface area contributed by atoms with Crippen LogP contribution in [-0.4, -0.2) is 26.3 Å². The van der Waals surface area contributed by atoms with Gasteiger partial charge in [0.1, 0.15) is 18.1 Å². The minimum atomic E-state index is 0.709. The third kappa shape index (κ3) is 3.67. The van der Waals surface area contributed by atoms with Crippen LogP contribution in [-0.2, 0) is 0 Å². The van der Waals surface area contributed by atoms with Gasteiger partial charge in [0.15, 0.2) is 0 Å². The Morgan fingerprint density at radius 2 is 1.95 bits per heavy atom. The number of hydrogen-bond donors (Lipinski definition) is 1. The van der Waals surface area contributed by atoms with Crippen LogP contribution < -0.4 is 14.8 Å². The lowest BCUT2D eigenvalue weighted by Gasteiger charge is -2.18.